The van der Waals surface area contributed by atoms with Crippen molar-refractivity contribution in [3.63, 3.8) is 0 Å². The van der Waals surface area contributed by atoms with E-state index in [1.165, 1.54) is 43.2 Å². The van der Waals surface area contributed by atoms with Crippen LogP contribution in [0.4, 0.5) is 0 Å². The molecule has 4 aliphatic carbocycles. The Morgan fingerprint density at radius 3 is 1.93 bits per heavy atom. The molecule has 0 aliphatic heterocycles. The van der Waals surface area contributed by atoms with E-state index in [1.807, 2.05) is 43.3 Å². The molecule has 0 amide bonds. The molecule has 0 aromatic heterocycles. The minimum absolute atomic E-state index is 0.0434. The highest BCUT2D eigenvalue weighted by Crippen LogP contribution is 2.45. The van der Waals surface area contributed by atoms with E-state index in [1.54, 1.807) is 0 Å². The lowest BCUT2D eigenvalue weighted by atomic mass is 9.64. The molecule has 0 N–H and O–H groups in total. The fraction of sp³-hybridized carbons (Fsp3) is 0.619. The molecule has 0 bridgehead atoms. The van der Waals surface area contributed by atoms with E-state index >= 15 is 0 Å². The number of fused-ring (bicyclic) bond motifs is 1. The maximum absolute atomic E-state index is 14.4. The van der Waals surface area contributed by atoms with Gasteiger partial charge in [0.15, 0.2) is 0 Å². The molecule has 0 heterocycles. The zero-order chi connectivity index (χ0) is 32.1. The maximum Gasteiger partial charge on any atom is 0.142 e. The third-order valence-electron chi connectivity index (χ3n) is 12.6. The number of carbonyl (C=O) groups excluding carboxylic acids is 4. The summed E-state index contributed by atoms with van der Waals surface area (Å²) in [5, 5.41) is 0. The molecule has 0 spiro atoms. The smallest absolute Gasteiger partial charge is 0.142 e. The van der Waals surface area contributed by atoms with Crippen molar-refractivity contribution in [1.82, 2.24) is 0 Å². The first-order chi connectivity index (χ1) is 22.3. The third-order valence-corrected chi connectivity index (χ3v) is 12.6. The molecule has 0 radical (unpaired) electrons. The Kier molecular flexibility index (Phi) is 10.7. The van der Waals surface area contributed by atoms with Crippen molar-refractivity contribution in [3.8, 4) is 0 Å². The fourth-order valence-corrected chi connectivity index (χ4v) is 9.91. The van der Waals surface area contributed by atoms with E-state index < -0.39 is 5.41 Å². The molecule has 2 aromatic carbocycles. The molecule has 4 nitrogen and oxygen atoms in total. The molecule has 2 atom stereocenters. The lowest BCUT2D eigenvalue weighted by molar-refractivity contribution is -0.142. The lowest BCUT2D eigenvalue weighted by Crippen LogP contribution is -2.41. The van der Waals surface area contributed by atoms with Gasteiger partial charge in [-0.05, 0) is 92.2 Å². The number of benzene rings is 2. The van der Waals surface area contributed by atoms with Crippen LogP contribution < -0.4 is 0 Å². The Morgan fingerprint density at radius 2 is 1.24 bits per heavy atom. The average molecular weight is 623 g/mol. The molecule has 246 valence electrons. The highest BCUT2D eigenvalue weighted by atomic mass is 16.1. The van der Waals surface area contributed by atoms with Gasteiger partial charge in [-0.1, -0.05) is 93.6 Å². The summed E-state index contributed by atoms with van der Waals surface area (Å²) in [6.45, 7) is 1.92. The second kappa shape index (κ2) is 14.9. The molecule has 0 saturated heterocycles. The summed E-state index contributed by atoms with van der Waals surface area (Å²) in [5.74, 6) is 2.51. The van der Waals surface area contributed by atoms with Crippen LogP contribution in [-0.4, -0.2) is 23.1 Å². The maximum atomic E-state index is 14.4. The van der Waals surface area contributed by atoms with Crippen LogP contribution in [0.3, 0.4) is 0 Å². The van der Waals surface area contributed by atoms with E-state index in [9.17, 15) is 19.2 Å². The van der Waals surface area contributed by atoms with Crippen LogP contribution in [0.1, 0.15) is 120 Å². The number of ketones is 4. The van der Waals surface area contributed by atoms with Crippen molar-refractivity contribution in [3.05, 3.63) is 71.3 Å². The standard InChI is InChI=1S/C42H54O4/c1-42(27-37(43)24-29-10-4-2-5-11-29,41(46)34-22-16-31(17-23-34)30-12-6-3-7-13-30)28-40(45)33-20-18-32(19-21-33)38-25-35-14-8-9-15-36(35)26-39(38)44/h2,4-5,8-11,14-15,30-34,38H,3,6-7,12-13,16-28H2,1H3. The van der Waals surface area contributed by atoms with Crippen molar-refractivity contribution in [1.29, 1.82) is 0 Å². The van der Waals surface area contributed by atoms with Crippen LogP contribution in [0, 0.1) is 40.9 Å². The molecule has 3 saturated carbocycles. The van der Waals surface area contributed by atoms with Crippen molar-refractivity contribution >= 4 is 23.1 Å². The van der Waals surface area contributed by atoms with Crippen molar-refractivity contribution < 1.29 is 19.2 Å². The molecule has 4 heteroatoms. The zero-order valence-corrected chi connectivity index (χ0v) is 28.0. The topological polar surface area (TPSA) is 68.3 Å². The van der Waals surface area contributed by atoms with Crippen LogP contribution >= 0.6 is 0 Å². The van der Waals surface area contributed by atoms with Crippen LogP contribution in [0.5, 0.6) is 0 Å². The van der Waals surface area contributed by atoms with Gasteiger partial charge in [0.1, 0.15) is 23.1 Å². The predicted octanol–water partition coefficient (Wildman–Crippen LogP) is 8.90. The largest absolute Gasteiger partial charge is 0.299 e. The minimum Gasteiger partial charge on any atom is -0.299 e. The summed E-state index contributed by atoms with van der Waals surface area (Å²) in [7, 11) is 0. The normalized spacial score (nSPS) is 28.5. The van der Waals surface area contributed by atoms with Gasteiger partial charge in [0.25, 0.3) is 0 Å². The minimum atomic E-state index is -0.953. The van der Waals surface area contributed by atoms with Gasteiger partial charge in [0.2, 0.25) is 0 Å². The third kappa shape index (κ3) is 7.80. The molecule has 3 fully saturated rings. The zero-order valence-electron chi connectivity index (χ0n) is 28.0. The van der Waals surface area contributed by atoms with Gasteiger partial charge < -0.3 is 0 Å². The van der Waals surface area contributed by atoms with Crippen molar-refractivity contribution in [2.24, 2.45) is 40.9 Å². The summed E-state index contributed by atoms with van der Waals surface area (Å²) in [4.78, 5) is 54.9. The summed E-state index contributed by atoms with van der Waals surface area (Å²) >= 11 is 0. The van der Waals surface area contributed by atoms with Gasteiger partial charge in [0.05, 0.1) is 0 Å². The lowest BCUT2D eigenvalue weighted by Gasteiger charge is -2.39. The Hall–Kier alpha value is -2.88. The van der Waals surface area contributed by atoms with Gasteiger partial charge in [-0.15, -0.1) is 0 Å². The van der Waals surface area contributed by atoms with E-state index in [-0.39, 0.29) is 47.9 Å². The molecule has 2 aromatic rings. The monoisotopic (exact) mass is 622 g/mol. The van der Waals surface area contributed by atoms with Crippen LogP contribution in [0.25, 0.3) is 0 Å². The summed E-state index contributed by atoms with van der Waals surface area (Å²) in [6, 6.07) is 18.1. The van der Waals surface area contributed by atoms with Gasteiger partial charge in [0, 0.05) is 48.9 Å². The Balaban J connectivity index is 1.09. The van der Waals surface area contributed by atoms with Gasteiger partial charge in [-0.25, -0.2) is 0 Å². The first-order valence-corrected chi connectivity index (χ1v) is 18.5. The fourth-order valence-electron chi connectivity index (χ4n) is 9.91. The molecule has 4 aliphatic rings. The number of hydrogen-bond donors (Lipinski definition) is 0. The molecule has 6 rings (SSSR count). The second-order valence-corrected chi connectivity index (χ2v) is 15.8. The number of Topliss-reactive ketones (excluding diaryl/α,β-unsaturated/α-hetero) is 4. The summed E-state index contributed by atoms with van der Waals surface area (Å²) < 4.78 is 0. The van der Waals surface area contributed by atoms with E-state index in [0.717, 1.165) is 75.2 Å². The summed E-state index contributed by atoms with van der Waals surface area (Å²) in [5.41, 5.74) is 2.47. The van der Waals surface area contributed by atoms with Crippen molar-refractivity contribution in [2.75, 3.05) is 0 Å². The number of carbonyl (C=O) groups is 4. The van der Waals surface area contributed by atoms with E-state index in [4.69, 9.17) is 0 Å². The van der Waals surface area contributed by atoms with Crippen LogP contribution in [0.15, 0.2) is 54.6 Å². The molecular formula is C42H54O4. The van der Waals surface area contributed by atoms with E-state index in [2.05, 4.69) is 18.2 Å². The number of rotatable bonds is 11. The van der Waals surface area contributed by atoms with Crippen LogP contribution in [0.2, 0.25) is 0 Å². The van der Waals surface area contributed by atoms with E-state index in [0.29, 0.717) is 24.5 Å². The molecule has 2 unspecified atom stereocenters. The molecule has 46 heavy (non-hydrogen) atoms. The SMILES string of the molecule is CC(CC(=O)Cc1ccccc1)(CC(=O)C1CCC(C2Cc3ccccc3CC2=O)CC1)C(=O)C1CCC(C2CCCCC2)CC1. The second-order valence-electron chi connectivity index (χ2n) is 15.8. The Labute approximate surface area is 276 Å². The first-order valence-electron chi connectivity index (χ1n) is 18.5. The van der Waals surface area contributed by atoms with Gasteiger partial charge >= 0.3 is 0 Å². The predicted molar refractivity (Wildman–Crippen MR) is 182 cm³/mol. The Morgan fingerprint density at radius 1 is 0.652 bits per heavy atom. The highest BCUT2D eigenvalue weighted by Gasteiger charge is 2.44. The van der Waals surface area contributed by atoms with Gasteiger partial charge in [-0.3, -0.25) is 19.2 Å². The quantitative estimate of drug-likeness (QED) is 0.251. The summed E-state index contributed by atoms with van der Waals surface area (Å²) in [6.07, 6.45) is 16.1. The van der Waals surface area contributed by atoms with Crippen molar-refractivity contribution in [2.45, 2.75) is 122 Å². The highest BCUT2D eigenvalue weighted by molar-refractivity contribution is 5.97. The van der Waals surface area contributed by atoms with Gasteiger partial charge in [-0.2, -0.15) is 0 Å². The van der Waals surface area contributed by atoms with Crippen LogP contribution in [-0.2, 0) is 38.4 Å². The molecular weight excluding hydrogens is 568 g/mol. The Bertz CT molecular complexity index is 1370. The average Bonchev–Trinajstić information content (AvgIpc) is 3.08. The first kappa shape index (κ1) is 33.0. The number of hydrogen-bond acceptors (Lipinski definition) is 4.